The lowest BCUT2D eigenvalue weighted by molar-refractivity contribution is 0.0588. The second-order valence-electron chi connectivity index (χ2n) is 5.74. The molecule has 124 valence electrons. The first kappa shape index (κ1) is 17.1. The van der Waals surface area contributed by atoms with E-state index in [4.69, 9.17) is 16.3 Å². The first-order chi connectivity index (χ1) is 10.6. The quantitative estimate of drug-likeness (QED) is 0.835. The minimum absolute atomic E-state index is 0.0354. The molecule has 0 saturated carbocycles. The number of pyridine rings is 1. The number of anilines is 1. The third kappa shape index (κ3) is 3.76. The van der Waals surface area contributed by atoms with Crippen LogP contribution in [0.5, 0.6) is 0 Å². The number of nitrogens with zero attached hydrogens (tertiary/aromatic N) is 4. The predicted octanol–water partition coefficient (Wildman–Crippen LogP) is 3.57. The average molecular weight is 345 g/mol. The molecule has 23 heavy (non-hydrogen) atoms. The van der Waals surface area contributed by atoms with Crippen molar-refractivity contribution in [2.24, 2.45) is 0 Å². The molecule has 0 atom stereocenters. The van der Waals surface area contributed by atoms with Crippen LogP contribution in [-0.2, 0) is 4.74 Å². The summed E-state index contributed by atoms with van der Waals surface area (Å²) < 4.78 is 33.7. The lowest BCUT2D eigenvalue weighted by atomic mass is 10.2. The summed E-state index contributed by atoms with van der Waals surface area (Å²) in [6, 6.07) is 1.04. The van der Waals surface area contributed by atoms with Crippen LogP contribution < -0.4 is 4.90 Å². The first-order valence-electron chi connectivity index (χ1n) is 6.62. The summed E-state index contributed by atoms with van der Waals surface area (Å²) in [6.45, 7) is 5.04. The van der Waals surface area contributed by atoms with Gasteiger partial charge < -0.3 is 4.74 Å². The number of ether oxygens (including phenoxy) is 1. The molecular weight excluding hydrogens is 330 g/mol. The summed E-state index contributed by atoms with van der Waals surface area (Å²) >= 11 is 5.91. The lowest BCUT2D eigenvalue weighted by Gasteiger charge is -2.24. The van der Waals surface area contributed by atoms with Crippen LogP contribution in [0, 0.1) is 11.8 Å². The summed E-state index contributed by atoms with van der Waals surface area (Å²) in [6.07, 6.45) is 1.39. The smallest absolute Gasteiger partial charge is 0.414 e. The lowest BCUT2D eigenvalue weighted by Crippen LogP contribution is -2.34. The van der Waals surface area contributed by atoms with Crippen LogP contribution in [0.1, 0.15) is 20.8 Å². The van der Waals surface area contributed by atoms with Crippen LogP contribution in [-0.4, -0.2) is 33.5 Å². The molecule has 0 unspecified atom stereocenters. The van der Waals surface area contributed by atoms with Crippen LogP contribution in [0.4, 0.5) is 19.3 Å². The highest BCUT2D eigenvalue weighted by atomic mass is 35.5. The van der Waals surface area contributed by atoms with Gasteiger partial charge >= 0.3 is 6.09 Å². The van der Waals surface area contributed by atoms with Gasteiger partial charge in [-0.15, -0.1) is 0 Å². The molecule has 0 radical (unpaired) electrons. The van der Waals surface area contributed by atoms with E-state index in [-0.39, 0.29) is 16.5 Å². The first-order valence-corrected chi connectivity index (χ1v) is 6.99. The Bertz CT molecular complexity index is 743. The van der Waals surface area contributed by atoms with E-state index < -0.39 is 23.5 Å². The highest BCUT2D eigenvalue weighted by molar-refractivity contribution is 6.32. The van der Waals surface area contributed by atoms with Crippen LogP contribution in [0.2, 0.25) is 5.15 Å². The number of hydrogen-bond acceptors (Lipinski definition) is 4. The number of rotatable bonds is 2. The summed E-state index contributed by atoms with van der Waals surface area (Å²) in [4.78, 5) is 16.6. The molecule has 2 aromatic rings. The van der Waals surface area contributed by atoms with Gasteiger partial charge in [-0.1, -0.05) is 11.6 Å². The zero-order valence-electron chi connectivity index (χ0n) is 13.0. The van der Waals surface area contributed by atoms with Crippen LogP contribution in [0.25, 0.3) is 5.69 Å². The van der Waals surface area contributed by atoms with Gasteiger partial charge in [-0.25, -0.2) is 13.9 Å². The van der Waals surface area contributed by atoms with Gasteiger partial charge in [0.25, 0.3) is 0 Å². The van der Waals surface area contributed by atoms with Crippen molar-refractivity contribution in [3.05, 3.63) is 35.4 Å². The van der Waals surface area contributed by atoms with Crippen LogP contribution >= 0.6 is 11.6 Å². The second-order valence-corrected chi connectivity index (χ2v) is 6.10. The molecule has 0 aliphatic heterocycles. The van der Waals surface area contributed by atoms with E-state index in [0.29, 0.717) is 0 Å². The molecule has 1 amide bonds. The SMILES string of the molecule is CN(C(=O)OC(C)(C)C)c1c(Cl)nn(-c2cncc(F)c2)c1F. The minimum atomic E-state index is -0.934. The largest absolute Gasteiger partial charge is 0.443 e. The molecule has 6 nitrogen and oxygen atoms in total. The summed E-state index contributed by atoms with van der Waals surface area (Å²) in [7, 11) is 1.30. The van der Waals surface area contributed by atoms with Crippen molar-refractivity contribution < 1.29 is 18.3 Å². The highest BCUT2D eigenvalue weighted by Gasteiger charge is 2.28. The molecule has 9 heteroatoms. The predicted molar refractivity (Wildman–Crippen MR) is 80.9 cm³/mol. The van der Waals surface area contributed by atoms with Gasteiger partial charge in [0.1, 0.15) is 17.1 Å². The van der Waals surface area contributed by atoms with Crippen molar-refractivity contribution in [2.75, 3.05) is 11.9 Å². The number of carbonyl (C=O) groups excluding carboxylic acids is 1. The molecule has 0 aromatic carbocycles. The Hall–Kier alpha value is -2.22. The van der Waals surface area contributed by atoms with Crippen molar-refractivity contribution in [2.45, 2.75) is 26.4 Å². The molecule has 2 rings (SSSR count). The molecule has 0 saturated heterocycles. The van der Waals surface area contributed by atoms with Gasteiger partial charge in [-0.3, -0.25) is 9.88 Å². The van der Waals surface area contributed by atoms with E-state index in [1.54, 1.807) is 20.8 Å². The van der Waals surface area contributed by atoms with Crippen molar-refractivity contribution in [3.63, 3.8) is 0 Å². The maximum Gasteiger partial charge on any atom is 0.414 e. The normalized spacial score (nSPS) is 11.4. The molecule has 0 aliphatic rings. The maximum absolute atomic E-state index is 14.6. The van der Waals surface area contributed by atoms with Gasteiger partial charge in [0.15, 0.2) is 5.15 Å². The van der Waals surface area contributed by atoms with E-state index in [1.807, 2.05) is 0 Å². The molecule has 0 N–H and O–H groups in total. The zero-order chi connectivity index (χ0) is 17.4. The minimum Gasteiger partial charge on any atom is -0.443 e. The van der Waals surface area contributed by atoms with Crippen molar-refractivity contribution in [1.29, 1.82) is 0 Å². The molecule has 0 aliphatic carbocycles. The zero-order valence-corrected chi connectivity index (χ0v) is 13.7. The van der Waals surface area contributed by atoms with E-state index in [1.165, 1.54) is 13.2 Å². The van der Waals surface area contributed by atoms with Crippen LogP contribution in [0.3, 0.4) is 0 Å². The highest BCUT2D eigenvalue weighted by Crippen LogP contribution is 2.30. The summed E-state index contributed by atoms with van der Waals surface area (Å²) in [5.41, 5.74) is -0.991. The van der Waals surface area contributed by atoms with E-state index in [9.17, 15) is 13.6 Å². The van der Waals surface area contributed by atoms with Gasteiger partial charge in [0, 0.05) is 13.1 Å². The second kappa shape index (κ2) is 6.11. The van der Waals surface area contributed by atoms with Gasteiger partial charge in [0.2, 0.25) is 5.95 Å². The standard InChI is InChI=1S/C14H15ClF2N4O2/c1-14(2,3)23-13(22)20(4)10-11(15)19-21(12(10)17)9-5-8(16)6-18-7-9/h5-7H,1-4H3. The fourth-order valence-electron chi connectivity index (χ4n) is 1.75. The molecular formula is C14H15ClF2N4O2. The van der Waals surface area contributed by atoms with Gasteiger partial charge in [-0.2, -0.15) is 9.49 Å². The Labute approximate surface area is 136 Å². The molecule has 0 fully saturated rings. The van der Waals surface area contributed by atoms with Gasteiger partial charge in [-0.05, 0) is 20.8 Å². The molecule has 0 bridgehead atoms. The number of amides is 1. The Morgan fingerprint density at radius 3 is 2.57 bits per heavy atom. The van der Waals surface area contributed by atoms with E-state index >= 15 is 0 Å². The third-order valence-corrected chi connectivity index (χ3v) is 2.96. The average Bonchev–Trinajstić information content (AvgIpc) is 2.71. The molecule has 0 spiro atoms. The van der Waals surface area contributed by atoms with Crippen molar-refractivity contribution in [3.8, 4) is 5.69 Å². The van der Waals surface area contributed by atoms with Crippen LogP contribution in [0.15, 0.2) is 18.5 Å². The number of carbonyl (C=O) groups is 1. The molecule has 2 heterocycles. The van der Waals surface area contributed by atoms with Crippen molar-refractivity contribution in [1.82, 2.24) is 14.8 Å². The monoisotopic (exact) mass is 344 g/mol. The fraction of sp³-hybridized carbons (Fsp3) is 0.357. The van der Waals surface area contributed by atoms with E-state index in [2.05, 4.69) is 10.1 Å². The number of hydrogen-bond donors (Lipinski definition) is 0. The van der Waals surface area contributed by atoms with Gasteiger partial charge in [0.05, 0.1) is 18.1 Å². The Balaban J connectivity index is 2.40. The van der Waals surface area contributed by atoms with E-state index in [0.717, 1.165) is 21.8 Å². The topological polar surface area (TPSA) is 60.3 Å². The Morgan fingerprint density at radius 2 is 2.00 bits per heavy atom. The third-order valence-electron chi connectivity index (χ3n) is 2.70. The molecule has 2 aromatic heterocycles. The number of aromatic nitrogens is 3. The Kier molecular flexibility index (Phi) is 4.56. The maximum atomic E-state index is 14.6. The van der Waals surface area contributed by atoms with Crippen molar-refractivity contribution >= 4 is 23.4 Å². The number of halogens is 3. The summed E-state index contributed by atoms with van der Waals surface area (Å²) in [5.74, 6) is -1.59. The summed E-state index contributed by atoms with van der Waals surface area (Å²) in [5, 5.41) is 3.51. The Morgan fingerprint density at radius 1 is 1.35 bits per heavy atom. The fourth-order valence-corrected chi connectivity index (χ4v) is 2.03.